The first-order valence-electron chi connectivity index (χ1n) is 11.0. The number of hydrogen-bond donors (Lipinski definition) is 0. The topological polar surface area (TPSA) is 106 Å². The van der Waals surface area contributed by atoms with Gasteiger partial charge in [0.1, 0.15) is 6.04 Å². The molecule has 0 spiro atoms. The molecular weight excluding hydrogens is 527 g/mol. The average Bonchev–Trinajstić information content (AvgIpc) is 3.42. The molecule has 12 heteroatoms. The Kier molecular flexibility index (Phi) is 7.58. The number of fused-ring (bicyclic) bond motifs is 1. The Morgan fingerprint density at radius 1 is 1.11 bits per heavy atom. The molecule has 1 fully saturated rings. The molecule has 1 unspecified atom stereocenters. The predicted octanol–water partition coefficient (Wildman–Crippen LogP) is 3.06. The maximum absolute atomic E-state index is 13.3. The second-order valence-electron chi connectivity index (χ2n) is 8.47. The molecule has 188 valence electrons. The van der Waals surface area contributed by atoms with Crippen molar-refractivity contribution in [3.8, 4) is 0 Å². The zero-order chi connectivity index (χ0) is 25.4. The number of amides is 1. The van der Waals surface area contributed by atoms with Gasteiger partial charge in [-0.1, -0.05) is 29.0 Å². The smallest absolute Gasteiger partial charge is 0.266 e. The first-order valence-corrected chi connectivity index (χ1v) is 16.6. The van der Waals surface area contributed by atoms with E-state index in [0.29, 0.717) is 28.9 Å². The van der Waals surface area contributed by atoms with Gasteiger partial charge in [0.15, 0.2) is 14.6 Å². The third-order valence-corrected chi connectivity index (χ3v) is 10.6. The van der Waals surface area contributed by atoms with Gasteiger partial charge in [-0.2, -0.15) is 21.1 Å². The van der Waals surface area contributed by atoms with E-state index in [9.17, 15) is 21.6 Å². The fraction of sp³-hybridized carbons (Fsp3) is 0.391. The number of thiazole rings is 1. The minimum Gasteiger partial charge on any atom is -0.316 e. The molecule has 1 atom stereocenters. The summed E-state index contributed by atoms with van der Waals surface area (Å²) in [6.07, 6.45) is 4.11. The highest BCUT2D eigenvalue weighted by Crippen LogP contribution is 2.27. The summed E-state index contributed by atoms with van der Waals surface area (Å²) in [7, 11) is -7.22. The summed E-state index contributed by atoms with van der Waals surface area (Å²) in [6, 6.07) is 10.6. The van der Waals surface area contributed by atoms with Crippen molar-refractivity contribution in [1.29, 1.82) is 0 Å². The zero-order valence-electron chi connectivity index (χ0n) is 19.7. The van der Waals surface area contributed by atoms with Crippen LogP contribution in [-0.4, -0.2) is 62.5 Å². The second kappa shape index (κ2) is 10.2. The molecule has 1 amide bonds. The van der Waals surface area contributed by atoms with Crippen molar-refractivity contribution < 1.29 is 21.6 Å². The molecule has 1 aliphatic heterocycles. The van der Waals surface area contributed by atoms with Crippen LogP contribution in [0.5, 0.6) is 0 Å². The van der Waals surface area contributed by atoms with Gasteiger partial charge >= 0.3 is 0 Å². The minimum atomic E-state index is -3.83. The summed E-state index contributed by atoms with van der Waals surface area (Å²) in [4.78, 5) is 18.5. The molecule has 8 nitrogen and oxygen atoms in total. The van der Waals surface area contributed by atoms with Crippen LogP contribution in [-0.2, 0) is 31.2 Å². The van der Waals surface area contributed by atoms with Crippen LogP contribution in [0, 0.1) is 6.92 Å². The van der Waals surface area contributed by atoms with Gasteiger partial charge in [-0.05, 0) is 56.4 Å². The monoisotopic (exact) mass is 553 g/mol. The second-order valence-corrected chi connectivity index (χ2v) is 14.4. The van der Waals surface area contributed by atoms with Crippen molar-refractivity contribution in [1.82, 2.24) is 8.87 Å². The summed E-state index contributed by atoms with van der Waals surface area (Å²) in [5.74, 6) is 0.268. The van der Waals surface area contributed by atoms with Gasteiger partial charge in [0, 0.05) is 25.1 Å². The summed E-state index contributed by atoms with van der Waals surface area (Å²) in [6.45, 7) is 2.73. The Labute approximate surface area is 213 Å². The summed E-state index contributed by atoms with van der Waals surface area (Å²) >= 11 is 2.88. The van der Waals surface area contributed by atoms with E-state index in [-0.39, 0.29) is 16.3 Å². The molecule has 1 saturated heterocycles. The lowest BCUT2D eigenvalue weighted by Gasteiger charge is -2.21. The van der Waals surface area contributed by atoms with E-state index in [0.717, 1.165) is 23.1 Å². The molecule has 4 rings (SSSR count). The molecule has 3 aromatic rings. The zero-order valence-corrected chi connectivity index (χ0v) is 22.9. The van der Waals surface area contributed by atoms with Crippen molar-refractivity contribution in [2.45, 2.75) is 42.1 Å². The molecular formula is C23H27N3O5S4. The van der Waals surface area contributed by atoms with E-state index < -0.39 is 31.8 Å². The highest BCUT2D eigenvalue weighted by atomic mass is 32.2. The molecule has 2 heterocycles. The van der Waals surface area contributed by atoms with Gasteiger partial charge in [0.05, 0.1) is 20.0 Å². The van der Waals surface area contributed by atoms with Gasteiger partial charge in [0.2, 0.25) is 10.0 Å². The highest BCUT2D eigenvalue weighted by molar-refractivity contribution is 7.98. The minimum absolute atomic E-state index is 0.160. The van der Waals surface area contributed by atoms with Crippen LogP contribution in [0.4, 0.5) is 0 Å². The van der Waals surface area contributed by atoms with Crippen LogP contribution in [0.3, 0.4) is 0 Å². The van der Waals surface area contributed by atoms with Crippen molar-refractivity contribution >= 4 is 59.1 Å². The van der Waals surface area contributed by atoms with Gasteiger partial charge in [-0.25, -0.2) is 16.8 Å². The van der Waals surface area contributed by atoms with Crippen LogP contribution in [0.25, 0.3) is 10.2 Å². The van der Waals surface area contributed by atoms with E-state index in [1.807, 2.05) is 17.7 Å². The molecule has 0 N–H and O–H groups in total. The van der Waals surface area contributed by atoms with E-state index >= 15 is 0 Å². The van der Waals surface area contributed by atoms with Crippen molar-refractivity contribution in [3.05, 3.63) is 52.8 Å². The molecule has 0 aliphatic carbocycles. The Bertz CT molecular complexity index is 1540. The standard InChI is InChI=1S/C23H27N3O5S4/c1-16-6-8-17(9-7-16)35(30,31)26-12-4-5-20(26)22(27)24-23-25(13-14-32-2)19-11-10-18(34(3,28)29)15-21(19)33-23/h6-11,15,20H,4-5,12-14H2,1-3H3. The van der Waals surface area contributed by atoms with Gasteiger partial charge < -0.3 is 4.57 Å². The fourth-order valence-corrected chi connectivity index (χ4v) is 7.90. The number of sulfone groups is 1. The number of thioether (sulfide) groups is 1. The lowest BCUT2D eigenvalue weighted by Crippen LogP contribution is -2.40. The van der Waals surface area contributed by atoms with E-state index in [4.69, 9.17) is 0 Å². The predicted molar refractivity (Wildman–Crippen MR) is 140 cm³/mol. The maximum Gasteiger partial charge on any atom is 0.266 e. The lowest BCUT2D eigenvalue weighted by atomic mass is 10.2. The first kappa shape index (κ1) is 26.1. The van der Waals surface area contributed by atoms with Crippen LogP contribution < -0.4 is 4.80 Å². The molecule has 0 radical (unpaired) electrons. The maximum atomic E-state index is 13.3. The summed E-state index contributed by atoms with van der Waals surface area (Å²) in [5.41, 5.74) is 1.74. The summed E-state index contributed by atoms with van der Waals surface area (Å²) < 4.78 is 54.4. The number of aromatic nitrogens is 1. The number of hydrogen-bond acceptors (Lipinski definition) is 7. The Balaban J connectivity index is 1.74. The third kappa shape index (κ3) is 5.41. The average molecular weight is 554 g/mol. The molecule has 1 aromatic heterocycles. The fourth-order valence-electron chi connectivity index (χ4n) is 4.06. The van der Waals surface area contributed by atoms with Crippen LogP contribution in [0.15, 0.2) is 57.2 Å². The van der Waals surface area contributed by atoms with Crippen LogP contribution in [0.1, 0.15) is 18.4 Å². The van der Waals surface area contributed by atoms with Crippen molar-refractivity contribution in [3.63, 3.8) is 0 Å². The number of carbonyl (C=O) groups excluding carboxylic acids is 1. The van der Waals surface area contributed by atoms with E-state index in [2.05, 4.69) is 4.99 Å². The first-order chi connectivity index (χ1) is 16.5. The van der Waals surface area contributed by atoms with Crippen LogP contribution >= 0.6 is 23.1 Å². The number of aryl methyl sites for hydroxylation is 2. The molecule has 1 aliphatic rings. The highest BCUT2D eigenvalue weighted by Gasteiger charge is 2.39. The Morgan fingerprint density at radius 2 is 1.80 bits per heavy atom. The third-order valence-electron chi connectivity index (χ3n) is 5.92. The van der Waals surface area contributed by atoms with E-state index in [1.54, 1.807) is 54.2 Å². The van der Waals surface area contributed by atoms with Crippen LogP contribution in [0.2, 0.25) is 0 Å². The number of benzene rings is 2. The number of sulfonamides is 1. The SMILES string of the molecule is CSCCn1c(=NC(=O)C2CCCN2S(=O)(=O)c2ccc(C)cc2)sc2cc(S(C)(=O)=O)ccc21. The van der Waals surface area contributed by atoms with Gasteiger partial charge in [-0.3, -0.25) is 4.79 Å². The van der Waals surface area contributed by atoms with Gasteiger partial charge in [0.25, 0.3) is 5.91 Å². The molecule has 0 saturated carbocycles. The largest absolute Gasteiger partial charge is 0.316 e. The van der Waals surface area contributed by atoms with Gasteiger partial charge in [-0.15, -0.1) is 0 Å². The van der Waals surface area contributed by atoms with Crippen molar-refractivity contribution in [2.24, 2.45) is 4.99 Å². The number of nitrogens with zero attached hydrogens (tertiary/aromatic N) is 3. The molecule has 2 aromatic carbocycles. The Morgan fingerprint density at radius 3 is 2.46 bits per heavy atom. The Hall–Kier alpha value is -1.99. The molecule has 35 heavy (non-hydrogen) atoms. The lowest BCUT2D eigenvalue weighted by molar-refractivity contribution is -0.121. The normalized spacial score (nSPS) is 17.9. The number of rotatable bonds is 7. The van der Waals surface area contributed by atoms with Crippen molar-refractivity contribution in [2.75, 3.05) is 24.8 Å². The van der Waals surface area contributed by atoms with E-state index in [1.165, 1.54) is 15.6 Å². The molecule has 0 bridgehead atoms. The summed E-state index contributed by atoms with van der Waals surface area (Å²) in [5, 5.41) is 0. The quantitative estimate of drug-likeness (QED) is 0.445. The number of carbonyl (C=O) groups is 1.